The molecule has 114 valence electrons. The van der Waals surface area contributed by atoms with E-state index < -0.39 is 6.10 Å². The van der Waals surface area contributed by atoms with Crippen LogP contribution < -0.4 is 9.47 Å². The summed E-state index contributed by atoms with van der Waals surface area (Å²) in [6.45, 7) is 4.97. The smallest absolute Gasteiger partial charge is 0.162 e. The van der Waals surface area contributed by atoms with Crippen molar-refractivity contribution in [2.24, 2.45) is 0 Å². The molecule has 1 aromatic heterocycles. The van der Waals surface area contributed by atoms with Gasteiger partial charge in [0.15, 0.2) is 11.5 Å². The van der Waals surface area contributed by atoms with Gasteiger partial charge in [-0.2, -0.15) is 0 Å². The lowest BCUT2D eigenvalue weighted by Crippen LogP contribution is -2.03. The third kappa shape index (κ3) is 4.12. The Morgan fingerprint density at radius 1 is 1.19 bits per heavy atom. The number of hydrogen-bond donors (Lipinski definition) is 1. The van der Waals surface area contributed by atoms with Crippen molar-refractivity contribution in [3.63, 3.8) is 0 Å². The van der Waals surface area contributed by atoms with Crippen LogP contribution in [0, 0.1) is 2.88 Å². The van der Waals surface area contributed by atoms with Gasteiger partial charge in [-0.1, -0.05) is 15.9 Å². The second-order valence-corrected chi connectivity index (χ2v) is 7.93. The molecule has 0 saturated carbocycles. The van der Waals surface area contributed by atoms with E-state index in [0.29, 0.717) is 24.7 Å². The fourth-order valence-corrected chi connectivity index (χ4v) is 3.87. The quantitative estimate of drug-likeness (QED) is 0.589. The van der Waals surface area contributed by atoms with Crippen LogP contribution in [0.15, 0.2) is 28.1 Å². The molecule has 0 fully saturated rings. The summed E-state index contributed by atoms with van der Waals surface area (Å²) in [6, 6.07) is 5.68. The first-order valence-electron chi connectivity index (χ1n) is 6.57. The number of aliphatic hydroxyl groups excluding tert-OH is 1. The Kier molecular flexibility index (Phi) is 6.34. The lowest BCUT2D eigenvalue weighted by Gasteiger charge is -2.17. The highest BCUT2D eigenvalue weighted by atomic mass is 127. The zero-order valence-corrected chi connectivity index (χ0v) is 16.3. The standard InChI is InChI=1S/C15H16BrIO3S/c1-3-19-12-6-10(11(16)7-13(12)20-4-2)15(18)9-5-14(17)21-8-9/h5-8,15,18H,3-4H2,1-2H3. The van der Waals surface area contributed by atoms with Crippen molar-refractivity contribution in [3.8, 4) is 11.5 Å². The van der Waals surface area contributed by atoms with E-state index in [0.717, 1.165) is 18.5 Å². The van der Waals surface area contributed by atoms with Gasteiger partial charge in [0.2, 0.25) is 0 Å². The minimum absolute atomic E-state index is 0.549. The molecule has 1 N–H and O–H groups in total. The van der Waals surface area contributed by atoms with Crippen LogP contribution in [0.5, 0.6) is 11.5 Å². The first-order valence-corrected chi connectivity index (χ1v) is 9.33. The Morgan fingerprint density at radius 3 is 2.33 bits per heavy atom. The van der Waals surface area contributed by atoms with Gasteiger partial charge in [0.05, 0.1) is 16.1 Å². The van der Waals surface area contributed by atoms with Crippen molar-refractivity contribution in [2.75, 3.05) is 13.2 Å². The highest BCUT2D eigenvalue weighted by molar-refractivity contribution is 14.1. The summed E-state index contributed by atoms with van der Waals surface area (Å²) < 4.78 is 13.2. The van der Waals surface area contributed by atoms with Crippen molar-refractivity contribution in [2.45, 2.75) is 20.0 Å². The Hall–Kier alpha value is -0.310. The lowest BCUT2D eigenvalue weighted by molar-refractivity contribution is 0.218. The summed E-state index contributed by atoms with van der Waals surface area (Å²) in [5, 5.41) is 12.5. The molecule has 1 aromatic carbocycles. The predicted molar refractivity (Wildman–Crippen MR) is 97.6 cm³/mol. The molecule has 2 aromatic rings. The summed E-state index contributed by atoms with van der Waals surface area (Å²) in [7, 11) is 0. The van der Waals surface area contributed by atoms with Crippen LogP contribution in [-0.2, 0) is 0 Å². The molecule has 1 unspecified atom stereocenters. The first-order chi connectivity index (χ1) is 10.1. The number of ether oxygens (including phenoxy) is 2. The second kappa shape index (κ2) is 7.80. The van der Waals surface area contributed by atoms with E-state index in [4.69, 9.17) is 9.47 Å². The van der Waals surface area contributed by atoms with Gasteiger partial charge in [0.25, 0.3) is 0 Å². The van der Waals surface area contributed by atoms with Gasteiger partial charge in [-0.05, 0) is 65.6 Å². The zero-order valence-electron chi connectivity index (χ0n) is 11.7. The molecular formula is C15H16BrIO3S. The van der Waals surface area contributed by atoms with E-state index in [9.17, 15) is 5.11 Å². The number of thiophene rings is 1. The van der Waals surface area contributed by atoms with Crippen molar-refractivity contribution in [3.05, 3.63) is 42.1 Å². The average Bonchev–Trinajstić information content (AvgIpc) is 2.88. The predicted octanol–water partition coefficient (Wildman–Crippen LogP) is 4.99. The van der Waals surface area contributed by atoms with Crippen LogP contribution in [-0.4, -0.2) is 18.3 Å². The van der Waals surface area contributed by atoms with Crippen LogP contribution in [0.3, 0.4) is 0 Å². The largest absolute Gasteiger partial charge is 0.490 e. The molecule has 21 heavy (non-hydrogen) atoms. The van der Waals surface area contributed by atoms with Crippen LogP contribution in [0.25, 0.3) is 0 Å². The van der Waals surface area contributed by atoms with E-state index in [2.05, 4.69) is 38.5 Å². The fourth-order valence-electron chi connectivity index (χ4n) is 1.94. The number of aliphatic hydroxyl groups is 1. The Labute approximate surface area is 150 Å². The second-order valence-electron chi connectivity index (χ2n) is 4.27. The third-order valence-electron chi connectivity index (χ3n) is 2.86. The molecule has 1 heterocycles. The van der Waals surface area contributed by atoms with Gasteiger partial charge in [0.1, 0.15) is 6.10 Å². The fraction of sp³-hybridized carbons (Fsp3) is 0.333. The summed E-state index contributed by atoms with van der Waals surface area (Å²) in [4.78, 5) is 0. The van der Waals surface area contributed by atoms with Gasteiger partial charge in [-0.25, -0.2) is 0 Å². The number of hydrogen-bond acceptors (Lipinski definition) is 4. The maximum atomic E-state index is 10.6. The summed E-state index contributed by atoms with van der Waals surface area (Å²) in [5.41, 5.74) is 1.66. The third-order valence-corrected chi connectivity index (χ3v) is 5.35. The van der Waals surface area contributed by atoms with Gasteiger partial charge >= 0.3 is 0 Å². The molecule has 0 saturated heterocycles. The van der Waals surface area contributed by atoms with Crippen LogP contribution in [0.1, 0.15) is 31.1 Å². The van der Waals surface area contributed by atoms with Gasteiger partial charge in [-0.15, -0.1) is 11.3 Å². The topological polar surface area (TPSA) is 38.7 Å². The van der Waals surface area contributed by atoms with Crippen molar-refractivity contribution < 1.29 is 14.6 Å². The van der Waals surface area contributed by atoms with Crippen LogP contribution >= 0.6 is 49.9 Å². The minimum Gasteiger partial charge on any atom is -0.490 e. The Balaban J connectivity index is 2.40. The summed E-state index contributed by atoms with van der Waals surface area (Å²) in [5.74, 6) is 1.34. The molecule has 0 aliphatic heterocycles. The summed E-state index contributed by atoms with van der Waals surface area (Å²) >= 11 is 7.38. The number of halogens is 2. The first kappa shape index (κ1) is 17.1. The number of rotatable bonds is 6. The van der Waals surface area contributed by atoms with Crippen molar-refractivity contribution >= 4 is 49.9 Å². The molecule has 0 radical (unpaired) electrons. The van der Waals surface area contributed by atoms with Crippen LogP contribution in [0.4, 0.5) is 0 Å². The molecular weight excluding hydrogens is 467 g/mol. The molecule has 0 spiro atoms. The monoisotopic (exact) mass is 482 g/mol. The molecule has 0 aliphatic rings. The molecule has 0 aliphatic carbocycles. The molecule has 2 rings (SSSR count). The minimum atomic E-state index is -0.686. The molecule has 0 amide bonds. The molecule has 0 bridgehead atoms. The molecule has 3 nitrogen and oxygen atoms in total. The molecule has 6 heteroatoms. The van der Waals surface area contributed by atoms with Crippen molar-refractivity contribution in [1.82, 2.24) is 0 Å². The van der Waals surface area contributed by atoms with E-state index in [1.807, 2.05) is 37.4 Å². The molecule has 1 atom stereocenters. The van der Waals surface area contributed by atoms with Gasteiger partial charge < -0.3 is 14.6 Å². The van der Waals surface area contributed by atoms with E-state index in [1.54, 1.807) is 11.3 Å². The van der Waals surface area contributed by atoms with Crippen LogP contribution in [0.2, 0.25) is 0 Å². The van der Waals surface area contributed by atoms with Crippen molar-refractivity contribution in [1.29, 1.82) is 0 Å². The van der Waals surface area contributed by atoms with E-state index in [1.165, 1.54) is 0 Å². The normalized spacial score (nSPS) is 12.2. The van der Waals surface area contributed by atoms with Gasteiger partial charge in [0, 0.05) is 10.0 Å². The highest BCUT2D eigenvalue weighted by Gasteiger charge is 2.19. The van der Waals surface area contributed by atoms with E-state index in [-0.39, 0.29) is 0 Å². The zero-order chi connectivity index (χ0) is 15.4. The summed E-state index contributed by atoms with van der Waals surface area (Å²) in [6.07, 6.45) is -0.686. The lowest BCUT2D eigenvalue weighted by atomic mass is 10.0. The van der Waals surface area contributed by atoms with E-state index >= 15 is 0 Å². The Morgan fingerprint density at radius 2 is 1.81 bits per heavy atom. The maximum absolute atomic E-state index is 10.6. The maximum Gasteiger partial charge on any atom is 0.162 e. The number of benzene rings is 1. The SMILES string of the molecule is CCOc1cc(Br)c(C(O)c2csc(I)c2)cc1OCC. The highest BCUT2D eigenvalue weighted by Crippen LogP contribution is 2.39. The Bertz CT molecular complexity index is 615. The average molecular weight is 483 g/mol. The van der Waals surface area contributed by atoms with Gasteiger partial charge in [-0.3, -0.25) is 0 Å².